The van der Waals surface area contributed by atoms with Crippen molar-refractivity contribution >= 4 is 35.1 Å². The summed E-state index contributed by atoms with van der Waals surface area (Å²) < 4.78 is 13.1. The van der Waals surface area contributed by atoms with Crippen molar-refractivity contribution in [1.82, 2.24) is 14.9 Å². The first-order valence-electron chi connectivity index (χ1n) is 7.61. The monoisotopic (exact) mass is 366 g/mol. The Morgan fingerprint density at radius 1 is 1.24 bits per heavy atom. The third kappa shape index (κ3) is 6.17. The summed E-state index contributed by atoms with van der Waals surface area (Å²) in [6.07, 6.45) is 0. The largest absolute Gasteiger partial charge is 0.369 e. The van der Waals surface area contributed by atoms with Gasteiger partial charge in [-0.2, -0.15) is 4.98 Å². The van der Waals surface area contributed by atoms with E-state index in [4.69, 9.17) is 11.6 Å². The van der Waals surface area contributed by atoms with Crippen molar-refractivity contribution in [2.45, 2.75) is 6.92 Å². The Labute approximate surface area is 150 Å². The van der Waals surface area contributed by atoms with E-state index in [1.54, 1.807) is 6.07 Å². The number of hydrogen-bond donors (Lipinski definition) is 3. The number of likely N-dealkylation sites (N-methyl/N-ethyl adjacent to an activating group) is 1. The molecule has 1 aromatic carbocycles. The predicted octanol–water partition coefficient (Wildman–Crippen LogP) is 3.20. The van der Waals surface area contributed by atoms with Crippen LogP contribution in [0.5, 0.6) is 0 Å². The molecular weight excluding hydrogens is 347 g/mol. The van der Waals surface area contributed by atoms with Gasteiger partial charge < -0.3 is 15.5 Å². The number of aryl methyl sites for hydroxylation is 1. The number of nitrogens with one attached hydrogen (secondary N) is 3. The number of carbonyl (C=O) groups is 1. The molecule has 0 fully saturated rings. The molecule has 2 aromatic rings. The maximum absolute atomic E-state index is 13.1. The number of halogens is 2. The highest BCUT2D eigenvalue weighted by Gasteiger charge is 2.09. The first-order valence-corrected chi connectivity index (χ1v) is 7.98. The van der Waals surface area contributed by atoms with Crippen LogP contribution in [0.25, 0.3) is 0 Å². The lowest BCUT2D eigenvalue weighted by Gasteiger charge is -2.12. The lowest BCUT2D eigenvalue weighted by atomic mass is 10.3. The van der Waals surface area contributed by atoms with Gasteiger partial charge in [0.1, 0.15) is 11.6 Å². The average Bonchev–Trinajstić information content (AvgIpc) is 2.50. The van der Waals surface area contributed by atoms with Crippen LogP contribution in [0, 0.1) is 12.7 Å². The maximum atomic E-state index is 13.1. The van der Waals surface area contributed by atoms with Crippen molar-refractivity contribution in [3.05, 3.63) is 40.8 Å². The minimum absolute atomic E-state index is 0.0722. The molecule has 0 radical (unpaired) electrons. The van der Waals surface area contributed by atoms with Gasteiger partial charge in [0, 0.05) is 30.5 Å². The summed E-state index contributed by atoms with van der Waals surface area (Å²) in [4.78, 5) is 22.5. The number of amides is 2. The third-order valence-corrected chi connectivity index (χ3v) is 3.41. The van der Waals surface area contributed by atoms with E-state index in [9.17, 15) is 9.18 Å². The van der Waals surface area contributed by atoms with Gasteiger partial charge in [0.2, 0.25) is 5.95 Å². The van der Waals surface area contributed by atoms with Gasteiger partial charge in [-0.25, -0.2) is 14.2 Å². The normalized spacial score (nSPS) is 10.6. The molecule has 0 saturated carbocycles. The molecule has 7 nitrogen and oxygen atoms in total. The number of carbonyl (C=O) groups excluding carboxylic acids is 1. The molecule has 0 aliphatic rings. The van der Waals surface area contributed by atoms with E-state index in [1.807, 2.05) is 25.9 Å². The summed E-state index contributed by atoms with van der Waals surface area (Å²) in [5.74, 6) is 0.232. The molecule has 25 heavy (non-hydrogen) atoms. The quantitative estimate of drug-likeness (QED) is 0.731. The second kappa shape index (κ2) is 8.59. The molecule has 0 saturated heterocycles. The molecule has 9 heteroatoms. The highest BCUT2D eigenvalue weighted by molar-refractivity contribution is 6.31. The molecule has 0 atom stereocenters. The van der Waals surface area contributed by atoms with Crippen LogP contribution >= 0.6 is 11.6 Å². The van der Waals surface area contributed by atoms with E-state index >= 15 is 0 Å². The van der Waals surface area contributed by atoms with Gasteiger partial charge in [-0.1, -0.05) is 11.6 Å². The Morgan fingerprint density at radius 3 is 2.68 bits per heavy atom. The van der Waals surface area contributed by atoms with Crippen molar-refractivity contribution in [2.75, 3.05) is 43.1 Å². The maximum Gasteiger partial charge on any atom is 0.326 e. The topological polar surface area (TPSA) is 82.2 Å². The van der Waals surface area contributed by atoms with Crippen LogP contribution in [0.15, 0.2) is 24.3 Å². The predicted molar refractivity (Wildman–Crippen MR) is 97.9 cm³/mol. The number of nitrogens with zero attached hydrogens (tertiary/aromatic N) is 3. The van der Waals surface area contributed by atoms with Crippen molar-refractivity contribution in [1.29, 1.82) is 0 Å². The zero-order valence-corrected chi connectivity index (χ0v) is 15.0. The van der Waals surface area contributed by atoms with Gasteiger partial charge in [0.05, 0.1) is 5.02 Å². The fraction of sp³-hybridized carbons (Fsp3) is 0.312. The summed E-state index contributed by atoms with van der Waals surface area (Å²) in [5, 5.41) is 8.19. The Kier molecular flexibility index (Phi) is 6.49. The molecule has 1 heterocycles. The molecular formula is C16H20ClFN6O. The number of anilines is 3. The molecule has 0 bridgehead atoms. The SMILES string of the molecule is Cc1cc(NCCN(C)C)nc(NC(=O)Nc2ccc(F)c(Cl)c2)n1. The van der Waals surface area contributed by atoms with E-state index in [-0.39, 0.29) is 11.0 Å². The standard InChI is InChI=1S/C16H20ClFN6O/c1-10-8-14(19-6-7-24(2)3)22-15(20-10)23-16(25)21-11-4-5-13(18)12(17)9-11/h4-5,8-9H,6-7H2,1-3H3,(H3,19,20,21,22,23,25). The van der Waals surface area contributed by atoms with E-state index in [0.29, 0.717) is 23.7 Å². The Hall–Kier alpha value is -2.45. The van der Waals surface area contributed by atoms with Crippen molar-refractivity contribution < 1.29 is 9.18 Å². The van der Waals surface area contributed by atoms with Crippen LogP contribution < -0.4 is 16.0 Å². The first-order chi connectivity index (χ1) is 11.8. The van der Waals surface area contributed by atoms with Gasteiger partial charge in [-0.3, -0.25) is 5.32 Å². The number of rotatable bonds is 6. The van der Waals surface area contributed by atoms with E-state index in [2.05, 4.69) is 25.9 Å². The number of urea groups is 1. The van der Waals surface area contributed by atoms with E-state index in [1.165, 1.54) is 18.2 Å². The third-order valence-electron chi connectivity index (χ3n) is 3.12. The Balaban J connectivity index is 1.99. The number of hydrogen-bond acceptors (Lipinski definition) is 5. The van der Waals surface area contributed by atoms with Crippen LogP contribution in [0.2, 0.25) is 5.02 Å². The van der Waals surface area contributed by atoms with Gasteiger partial charge in [-0.15, -0.1) is 0 Å². The van der Waals surface area contributed by atoms with Crippen LogP contribution in [0.1, 0.15) is 5.69 Å². The summed E-state index contributed by atoms with van der Waals surface area (Å²) in [5.41, 5.74) is 1.07. The highest BCUT2D eigenvalue weighted by atomic mass is 35.5. The molecule has 0 spiro atoms. The van der Waals surface area contributed by atoms with Gasteiger partial charge >= 0.3 is 6.03 Å². The van der Waals surface area contributed by atoms with Gasteiger partial charge in [0.25, 0.3) is 0 Å². The molecule has 2 rings (SSSR count). The Bertz CT molecular complexity index is 755. The molecule has 0 aliphatic carbocycles. The highest BCUT2D eigenvalue weighted by Crippen LogP contribution is 2.19. The first kappa shape index (κ1) is 18.9. The zero-order valence-electron chi connectivity index (χ0n) is 14.2. The van der Waals surface area contributed by atoms with Crippen LogP contribution in [0.3, 0.4) is 0 Å². The smallest absolute Gasteiger partial charge is 0.326 e. The fourth-order valence-corrected chi connectivity index (χ4v) is 2.14. The van der Waals surface area contributed by atoms with Gasteiger partial charge in [0.15, 0.2) is 0 Å². The average molecular weight is 367 g/mol. The molecule has 134 valence electrons. The molecule has 2 amide bonds. The second-order valence-corrected chi connectivity index (χ2v) is 6.06. The summed E-state index contributed by atoms with van der Waals surface area (Å²) in [6.45, 7) is 3.36. The van der Waals surface area contributed by atoms with E-state index in [0.717, 1.165) is 6.54 Å². The van der Waals surface area contributed by atoms with Crippen LogP contribution in [0.4, 0.5) is 26.6 Å². The Morgan fingerprint density at radius 2 is 2.00 bits per heavy atom. The zero-order chi connectivity index (χ0) is 18.4. The van der Waals surface area contributed by atoms with Crippen molar-refractivity contribution in [3.8, 4) is 0 Å². The summed E-state index contributed by atoms with van der Waals surface area (Å²) in [6, 6.07) is 5.15. The van der Waals surface area contributed by atoms with Gasteiger partial charge in [-0.05, 0) is 39.2 Å². The summed E-state index contributed by atoms with van der Waals surface area (Å²) >= 11 is 5.69. The lowest BCUT2D eigenvalue weighted by Crippen LogP contribution is -2.23. The fourth-order valence-electron chi connectivity index (χ4n) is 1.96. The number of benzene rings is 1. The molecule has 0 aliphatic heterocycles. The summed E-state index contributed by atoms with van der Waals surface area (Å²) in [7, 11) is 3.96. The minimum atomic E-state index is -0.553. The van der Waals surface area contributed by atoms with E-state index < -0.39 is 11.8 Å². The molecule has 0 unspecified atom stereocenters. The van der Waals surface area contributed by atoms with Crippen LogP contribution in [-0.4, -0.2) is 48.1 Å². The lowest BCUT2D eigenvalue weighted by molar-refractivity contribution is 0.262. The molecule has 3 N–H and O–H groups in total. The second-order valence-electron chi connectivity index (χ2n) is 5.66. The molecule has 1 aromatic heterocycles. The number of aromatic nitrogens is 2. The minimum Gasteiger partial charge on any atom is -0.369 e. The van der Waals surface area contributed by atoms with Crippen molar-refractivity contribution in [2.24, 2.45) is 0 Å². The van der Waals surface area contributed by atoms with Crippen molar-refractivity contribution in [3.63, 3.8) is 0 Å². The van der Waals surface area contributed by atoms with Crippen LogP contribution in [-0.2, 0) is 0 Å².